The van der Waals surface area contributed by atoms with Crippen molar-refractivity contribution in [3.05, 3.63) is 29.8 Å². The van der Waals surface area contributed by atoms with E-state index in [1.165, 1.54) is 0 Å². The number of hydrogen-bond acceptors (Lipinski definition) is 3. The molecule has 0 aliphatic rings. The van der Waals surface area contributed by atoms with Crippen molar-refractivity contribution in [1.29, 1.82) is 0 Å². The molecule has 0 aromatic heterocycles. The molecule has 1 unspecified atom stereocenters. The summed E-state index contributed by atoms with van der Waals surface area (Å²) < 4.78 is 20.8. The topological polar surface area (TPSA) is 43.4 Å². The van der Waals surface area contributed by atoms with Crippen molar-refractivity contribution >= 4 is 16.8 Å². The van der Waals surface area contributed by atoms with Crippen molar-refractivity contribution in [1.82, 2.24) is 0 Å². The summed E-state index contributed by atoms with van der Waals surface area (Å²) in [5.74, 6) is 0.191. The molecule has 0 heterocycles. The van der Waals surface area contributed by atoms with Gasteiger partial charge >= 0.3 is 0 Å². The molecule has 0 amide bonds. The van der Waals surface area contributed by atoms with E-state index in [2.05, 4.69) is 0 Å². The highest BCUT2D eigenvalue weighted by Gasteiger charge is 1.97. The quantitative estimate of drug-likeness (QED) is 0.704. The summed E-state index contributed by atoms with van der Waals surface area (Å²) in [5, 5.41) is 0. The zero-order valence-electron chi connectivity index (χ0n) is 8.40. The Balaban J connectivity index is 2.68. The average Bonchev–Trinajstić information content (AvgIpc) is 2.15. The first kappa shape index (κ1) is 11.2. The van der Waals surface area contributed by atoms with E-state index >= 15 is 0 Å². The summed E-state index contributed by atoms with van der Waals surface area (Å²) >= 11 is -1.95. The van der Waals surface area contributed by atoms with Crippen molar-refractivity contribution in [3.63, 3.8) is 0 Å². The van der Waals surface area contributed by atoms with E-state index in [9.17, 15) is 8.76 Å². The van der Waals surface area contributed by atoms with E-state index in [4.69, 9.17) is 0 Å². The molecule has 4 heteroatoms. The molecule has 78 valence electrons. The maximum absolute atomic E-state index is 10.4. The van der Waals surface area contributed by atoms with Gasteiger partial charge in [0.1, 0.15) is 0 Å². The van der Waals surface area contributed by atoms with Crippen LogP contribution in [0.25, 0.3) is 0 Å². The molecule has 0 aliphatic carbocycles. The van der Waals surface area contributed by atoms with Gasteiger partial charge in [-0.15, -0.1) is 0 Å². The second-order valence-corrected chi connectivity index (χ2v) is 4.34. The van der Waals surface area contributed by atoms with Gasteiger partial charge in [-0.05, 0) is 24.1 Å². The molecule has 1 aromatic rings. The van der Waals surface area contributed by atoms with Crippen LogP contribution in [0.5, 0.6) is 0 Å². The molecule has 0 radical (unpaired) electrons. The van der Waals surface area contributed by atoms with Crippen LogP contribution in [-0.2, 0) is 17.5 Å². The first-order valence-corrected chi connectivity index (χ1v) is 5.66. The molecule has 0 aliphatic heterocycles. The Morgan fingerprint density at radius 3 is 2.71 bits per heavy atom. The minimum absolute atomic E-state index is 0.191. The van der Waals surface area contributed by atoms with Crippen molar-refractivity contribution in [3.8, 4) is 0 Å². The van der Waals surface area contributed by atoms with E-state index in [1.54, 1.807) is 0 Å². The summed E-state index contributed by atoms with van der Waals surface area (Å²) in [6.45, 7) is 0. The Labute approximate surface area is 87.0 Å². The average molecular weight is 212 g/mol. The fourth-order valence-corrected chi connectivity index (χ4v) is 1.59. The zero-order chi connectivity index (χ0) is 10.6. The normalized spacial score (nSPS) is 12.5. The molecule has 0 saturated carbocycles. The first-order valence-electron chi connectivity index (χ1n) is 4.41. The Morgan fingerprint density at radius 1 is 1.43 bits per heavy atom. The molecule has 1 rings (SSSR count). The van der Waals surface area contributed by atoms with Gasteiger partial charge in [0.15, 0.2) is 0 Å². The van der Waals surface area contributed by atoms with E-state index in [0.717, 1.165) is 11.3 Å². The largest absolute Gasteiger partial charge is 0.772 e. The summed E-state index contributed by atoms with van der Waals surface area (Å²) in [6.07, 6.45) is 0.581. The summed E-state index contributed by atoms with van der Waals surface area (Å²) in [4.78, 5) is 2.00. The molecule has 1 aromatic carbocycles. The van der Waals surface area contributed by atoms with Crippen LogP contribution in [0.2, 0.25) is 0 Å². The minimum Gasteiger partial charge on any atom is -0.772 e. The van der Waals surface area contributed by atoms with Gasteiger partial charge in [-0.1, -0.05) is 23.2 Å². The lowest BCUT2D eigenvalue weighted by molar-refractivity contribution is 0.536. The monoisotopic (exact) mass is 212 g/mol. The van der Waals surface area contributed by atoms with Gasteiger partial charge in [0, 0.05) is 25.5 Å². The highest BCUT2D eigenvalue weighted by molar-refractivity contribution is 7.79. The summed E-state index contributed by atoms with van der Waals surface area (Å²) in [6, 6.07) is 7.89. The van der Waals surface area contributed by atoms with Gasteiger partial charge in [-0.25, -0.2) is 0 Å². The van der Waals surface area contributed by atoms with Crippen LogP contribution in [0, 0.1) is 0 Å². The Kier molecular flexibility index (Phi) is 4.10. The third kappa shape index (κ3) is 3.47. The first-order chi connectivity index (χ1) is 6.59. The lowest BCUT2D eigenvalue weighted by Gasteiger charge is -2.13. The van der Waals surface area contributed by atoms with E-state index in [-0.39, 0.29) is 5.75 Å². The zero-order valence-corrected chi connectivity index (χ0v) is 9.21. The van der Waals surface area contributed by atoms with Crippen LogP contribution in [0.4, 0.5) is 5.69 Å². The Bertz CT molecular complexity index is 326. The lowest BCUT2D eigenvalue weighted by Crippen LogP contribution is -2.09. The van der Waals surface area contributed by atoms with E-state index in [0.29, 0.717) is 6.42 Å². The second kappa shape index (κ2) is 5.12. The van der Waals surface area contributed by atoms with E-state index < -0.39 is 11.1 Å². The van der Waals surface area contributed by atoms with Crippen LogP contribution in [0.3, 0.4) is 0 Å². The Hall–Kier alpha value is -0.870. The Morgan fingerprint density at radius 2 is 2.14 bits per heavy atom. The third-order valence-corrected chi connectivity index (χ3v) is 2.52. The maximum Gasteiger partial charge on any atom is 0.0363 e. The highest BCUT2D eigenvalue weighted by atomic mass is 32.2. The van der Waals surface area contributed by atoms with Gasteiger partial charge in [0.25, 0.3) is 0 Å². The van der Waals surface area contributed by atoms with Crippen molar-refractivity contribution in [2.45, 2.75) is 6.42 Å². The van der Waals surface area contributed by atoms with Crippen LogP contribution >= 0.6 is 0 Å². The molecule has 3 nitrogen and oxygen atoms in total. The molecular formula is C10H14NO2S-. The van der Waals surface area contributed by atoms with Crippen LogP contribution in [0.1, 0.15) is 5.56 Å². The van der Waals surface area contributed by atoms with Crippen LogP contribution in [0.15, 0.2) is 24.3 Å². The van der Waals surface area contributed by atoms with Gasteiger partial charge in [0.2, 0.25) is 0 Å². The molecular weight excluding hydrogens is 198 g/mol. The van der Waals surface area contributed by atoms with Gasteiger partial charge in [-0.2, -0.15) is 0 Å². The number of aryl methyl sites for hydroxylation is 1. The number of nitrogens with zero attached hydrogens (tertiary/aromatic N) is 1. The van der Waals surface area contributed by atoms with Crippen molar-refractivity contribution in [2.24, 2.45) is 0 Å². The summed E-state index contributed by atoms with van der Waals surface area (Å²) in [7, 11) is 3.93. The molecule has 0 spiro atoms. The lowest BCUT2D eigenvalue weighted by atomic mass is 10.1. The number of benzene rings is 1. The SMILES string of the molecule is CN(C)c1cccc(CCS(=O)[O-])c1. The molecule has 0 bridgehead atoms. The van der Waals surface area contributed by atoms with Crippen LogP contribution in [-0.4, -0.2) is 28.6 Å². The standard InChI is InChI=1S/C10H15NO2S/c1-11(2)10-5-3-4-9(8-10)6-7-14(12)13/h3-5,8H,6-7H2,1-2H3,(H,12,13)/p-1. The minimum atomic E-state index is -1.95. The summed E-state index contributed by atoms with van der Waals surface area (Å²) in [5.41, 5.74) is 2.15. The van der Waals surface area contributed by atoms with Crippen molar-refractivity contribution in [2.75, 3.05) is 24.7 Å². The fourth-order valence-electron chi connectivity index (χ4n) is 1.19. The van der Waals surface area contributed by atoms with Gasteiger partial charge < -0.3 is 9.45 Å². The van der Waals surface area contributed by atoms with E-state index in [1.807, 2.05) is 43.3 Å². The van der Waals surface area contributed by atoms with Gasteiger partial charge in [0.05, 0.1) is 0 Å². The smallest absolute Gasteiger partial charge is 0.0363 e. The molecule has 1 atom stereocenters. The molecule has 0 N–H and O–H groups in total. The molecule has 14 heavy (non-hydrogen) atoms. The third-order valence-electron chi connectivity index (χ3n) is 1.98. The van der Waals surface area contributed by atoms with Crippen LogP contribution < -0.4 is 4.90 Å². The molecule has 0 fully saturated rings. The predicted octanol–water partition coefficient (Wildman–Crippen LogP) is 1.17. The predicted molar refractivity (Wildman–Crippen MR) is 58.3 cm³/mol. The van der Waals surface area contributed by atoms with Gasteiger partial charge in [-0.3, -0.25) is 4.21 Å². The number of rotatable bonds is 4. The maximum atomic E-state index is 10.4. The fraction of sp³-hybridized carbons (Fsp3) is 0.400. The van der Waals surface area contributed by atoms with Crippen molar-refractivity contribution < 1.29 is 8.76 Å². The number of anilines is 1. The number of hydrogen-bond donors (Lipinski definition) is 0. The molecule has 0 saturated heterocycles. The second-order valence-electron chi connectivity index (χ2n) is 3.32. The highest BCUT2D eigenvalue weighted by Crippen LogP contribution is 2.13.